The van der Waals surface area contributed by atoms with Crippen molar-refractivity contribution in [1.29, 1.82) is 0 Å². The van der Waals surface area contributed by atoms with Crippen molar-refractivity contribution in [3.8, 4) is 5.00 Å². The van der Waals surface area contributed by atoms with Gasteiger partial charge in [-0.2, -0.15) is 0 Å². The number of nitrogens with one attached hydrogen (secondary N) is 1. The van der Waals surface area contributed by atoms with Crippen LogP contribution in [-0.2, 0) is 27.2 Å². The molecule has 1 fully saturated rings. The molecule has 202 valence electrons. The van der Waals surface area contributed by atoms with Gasteiger partial charge in [0.05, 0.1) is 17.9 Å². The molecule has 5 rings (SSSR count). The number of urea groups is 1. The van der Waals surface area contributed by atoms with E-state index in [1.165, 1.54) is 11.0 Å². The summed E-state index contributed by atoms with van der Waals surface area (Å²) in [6, 6.07) is 6.38. The van der Waals surface area contributed by atoms with Crippen molar-refractivity contribution < 1.29 is 23.9 Å². The van der Waals surface area contributed by atoms with Crippen LogP contribution in [0.15, 0.2) is 29.8 Å². The number of esters is 1. The number of hydrogen-bond donors (Lipinski definition) is 1. The second kappa shape index (κ2) is 10.3. The Labute approximate surface area is 231 Å². The maximum absolute atomic E-state index is 13.5. The van der Waals surface area contributed by atoms with Gasteiger partial charge in [0.1, 0.15) is 10.6 Å². The number of aromatic nitrogens is 1. The molecule has 1 saturated heterocycles. The maximum Gasteiger partial charge on any atom is 0.341 e. The first-order valence-electron chi connectivity index (χ1n) is 13.1. The minimum Gasteiger partial charge on any atom is -0.462 e. The number of anilines is 1. The van der Waals surface area contributed by atoms with Crippen LogP contribution < -0.4 is 10.2 Å². The number of thiophene rings is 1. The zero-order valence-electron chi connectivity index (χ0n) is 22.8. The first-order valence-corrected chi connectivity index (χ1v) is 13.9. The number of nitrogens with zero attached hydrogens (tertiary/aromatic N) is 2. The minimum atomic E-state index is -0.779. The fraction of sp³-hybridized carbons (Fsp3) is 0.333. The van der Waals surface area contributed by atoms with Crippen molar-refractivity contribution in [2.24, 2.45) is 0 Å². The molecule has 39 heavy (non-hydrogen) atoms. The Kier molecular flexibility index (Phi) is 7.03. The Hall–Kier alpha value is -3.98. The number of barbiturate groups is 1. The molecule has 2 aromatic heterocycles. The SMILES string of the molecule is CCOC(=O)c1c(-n2c(C)cc(/C=C3/C(=O)NC(=O)N(c4ccc(C)c(C)c4)C3=O)c2C)sc2c1CCCC2. The second-order valence-electron chi connectivity index (χ2n) is 10.00. The average molecular weight is 546 g/mol. The highest BCUT2D eigenvalue weighted by atomic mass is 32.1. The largest absolute Gasteiger partial charge is 0.462 e. The molecule has 9 heteroatoms. The summed E-state index contributed by atoms with van der Waals surface area (Å²) in [7, 11) is 0. The summed E-state index contributed by atoms with van der Waals surface area (Å²) in [6.45, 7) is 9.75. The first kappa shape index (κ1) is 26.6. The molecule has 1 N–H and O–H groups in total. The van der Waals surface area contributed by atoms with Crippen LogP contribution in [0.1, 0.15) is 68.6 Å². The van der Waals surface area contributed by atoms with Crippen LogP contribution in [0.4, 0.5) is 10.5 Å². The predicted octanol–water partition coefficient (Wildman–Crippen LogP) is 5.49. The Morgan fingerprint density at radius 2 is 1.79 bits per heavy atom. The third-order valence-electron chi connectivity index (χ3n) is 7.46. The monoisotopic (exact) mass is 545 g/mol. The Balaban J connectivity index is 1.59. The van der Waals surface area contributed by atoms with Gasteiger partial charge in [0.15, 0.2) is 0 Å². The molecule has 0 atom stereocenters. The molecule has 0 spiro atoms. The van der Waals surface area contributed by atoms with E-state index >= 15 is 0 Å². The first-order chi connectivity index (χ1) is 18.6. The molecule has 3 heterocycles. The van der Waals surface area contributed by atoms with Crippen molar-refractivity contribution >= 4 is 46.9 Å². The molecule has 0 saturated carbocycles. The number of carbonyl (C=O) groups excluding carboxylic acids is 4. The number of benzene rings is 1. The number of ether oxygens (including phenoxy) is 1. The van der Waals surface area contributed by atoms with Gasteiger partial charge in [0, 0.05) is 16.3 Å². The van der Waals surface area contributed by atoms with E-state index in [-0.39, 0.29) is 18.1 Å². The quantitative estimate of drug-likeness (QED) is 0.260. The van der Waals surface area contributed by atoms with Crippen LogP contribution >= 0.6 is 11.3 Å². The van der Waals surface area contributed by atoms with Gasteiger partial charge in [-0.15, -0.1) is 11.3 Å². The highest BCUT2D eigenvalue weighted by Gasteiger charge is 2.37. The summed E-state index contributed by atoms with van der Waals surface area (Å²) in [5.41, 5.74) is 6.18. The lowest BCUT2D eigenvalue weighted by atomic mass is 9.95. The van der Waals surface area contributed by atoms with Gasteiger partial charge in [-0.25, -0.2) is 14.5 Å². The number of hydrogen-bond acceptors (Lipinski definition) is 6. The molecule has 0 unspecified atom stereocenters. The summed E-state index contributed by atoms with van der Waals surface area (Å²) in [5.74, 6) is -1.76. The lowest BCUT2D eigenvalue weighted by Gasteiger charge is -2.26. The zero-order valence-corrected chi connectivity index (χ0v) is 23.6. The fourth-order valence-corrected chi connectivity index (χ4v) is 6.77. The number of imide groups is 2. The average Bonchev–Trinajstić information content (AvgIpc) is 3.39. The van der Waals surface area contributed by atoms with Crippen LogP contribution in [-0.4, -0.2) is 35.0 Å². The summed E-state index contributed by atoms with van der Waals surface area (Å²) in [4.78, 5) is 54.2. The predicted molar refractivity (Wildman–Crippen MR) is 151 cm³/mol. The Morgan fingerprint density at radius 3 is 2.51 bits per heavy atom. The molecule has 1 aromatic carbocycles. The smallest absolute Gasteiger partial charge is 0.341 e. The van der Waals surface area contributed by atoms with Gasteiger partial charge in [0.25, 0.3) is 11.8 Å². The van der Waals surface area contributed by atoms with Gasteiger partial charge in [-0.05, 0) is 107 Å². The molecule has 1 aliphatic carbocycles. The van der Waals surface area contributed by atoms with Gasteiger partial charge in [-0.1, -0.05) is 6.07 Å². The van der Waals surface area contributed by atoms with Crippen LogP contribution in [0.2, 0.25) is 0 Å². The highest BCUT2D eigenvalue weighted by molar-refractivity contribution is 7.15. The van der Waals surface area contributed by atoms with Crippen LogP contribution in [0.25, 0.3) is 11.1 Å². The van der Waals surface area contributed by atoms with E-state index in [2.05, 4.69) is 5.32 Å². The third-order valence-corrected chi connectivity index (χ3v) is 8.73. The van der Waals surface area contributed by atoms with Crippen molar-refractivity contribution in [2.75, 3.05) is 11.5 Å². The van der Waals surface area contributed by atoms with Crippen molar-refractivity contribution in [1.82, 2.24) is 9.88 Å². The van der Waals surface area contributed by atoms with E-state index in [0.29, 0.717) is 16.8 Å². The van der Waals surface area contributed by atoms with E-state index < -0.39 is 17.8 Å². The van der Waals surface area contributed by atoms with E-state index in [1.807, 2.05) is 44.4 Å². The normalized spacial score (nSPS) is 16.5. The molecular formula is C30H31N3O5S. The van der Waals surface area contributed by atoms with Gasteiger partial charge in [-0.3, -0.25) is 14.9 Å². The van der Waals surface area contributed by atoms with E-state index in [4.69, 9.17) is 4.74 Å². The fourth-order valence-electron chi connectivity index (χ4n) is 5.28. The van der Waals surface area contributed by atoms with Gasteiger partial charge < -0.3 is 9.30 Å². The number of fused-ring (bicyclic) bond motifs is 1. The van der Waals surface area contributed by atoms with Crippen LogP contribution in [0, 0.1) is 27.7 Å². The van der Waals surface area contributed by atoms with Crippen LogP contribution in [0.3, 0.4) is 0 Å². The lowest BCUT2D eigenvalue weighted by molar-refractivity contribution is -0.122. The summed E-state index contributed by atoms with van der Waals surface area (Å²) < 4.78 is 7.44. The summed E-state index contributed by atoms with van der Waals surface area (Å²) in [6.07, 6.45) is 5.41. The lowest BCUT2D eigenvalue weighted by Crippen LogP contribution is -2.54. The third kappa shape index (κ3) is 4.61. The molecule has 0 radical (unpaired) electrons. The van der Waals surface area contributed by atoms with E-state index in [1.54, 1.807) is 30.4 Å². The molecule has 4 amide bonds. The highest BCUT2D eigenvalue weighted by Crippen LogP contribution is 2.39. The standard InChI is InChI=1S/C30H31N3O5S/c1-6-38-29(36)25-22-9-7-8-10-24(22)39-28(25)32-18(4)14-20(19(32)5)15-23-26(34)31-30(37)33(27(23)35)21-12-11-16(2)17(3)13-21/h11-15H,6-10H2,1-5H3,(H,31,34,37)/b23-15-. The number of aryl methyl sites for hydroxylation is 4. The van der Waals surface area contributed by atoms with Crippen molar-refractivity contribution in [2.45, 2.75) is 60.3 Å². The molecule has 1 aliphatic heterocycles. The Morgan fingerprint density at radius 1 is 1.05 bits per heavy atom. The molecule has 3 aromatic rings. The second-order valence-corrected chi connectivity index (χ2v) is 11.1. The summed E-state index contributed by atoms with van der Waals surface area (Å²) >= 11 is 1.60. The van der Waals surface area contributed by atoms with Crippen LogP contribution in [0.5, 0.6) is 0 Å². The molecule has 0 bridgehead atoms. The zero-order chi connectivity index (χ0) is 28.0. The van der Waals surface area contributed by atoms with Crippen molar-refractivity contribution in [3.63, 3.8) is 0 Å². The van der Waals surface area contributed by atoms with E-state index in [9.17, 15) is 19.2 Å². The van der Waals surface area contributed by atoms with Gasteiger partial charge >= 0.3 is 12.0 Å². The molecular weight excluding hydrogens is 514 g/mol. The number of rotatable bonds is 5. The number of carbonyl (C=O) groups is 4. The molecule has 8 nitrogen and oxygen atoms in total. The molecule has 2 aliphatic rings. The minimum absolute atomic E-state index is 0.135. The Bertz CT molecular complexity index is 1580. The summed E-state index contributed by atoms with van der Waals surface area (Å²) in [5, 5.41) is 3.10. The van der Waals surface area contributed by atoms with Gasteiger partial charge in [0.2, 0.25) is 0 Å². The maximum atomic E-state index is 13.5. The topological polar surface area (TPSA) is 97.7 Å². The van der Waals surface area contributed by atoms with E-state index in [0.717, 1.165) is 63.7 Å². The van der Waals surface area contributed by atoms with Crippen molar-refractivity contribution in [3.05, 3.63) is 73.9 Å². The number of amides is 4.